The summed E-state index contributed by atoms with van der Waals surface area (Å²) < 4.78 is 0. The summed E-state index contributed by atoms with van der Waals surface area (Å²) in [4.78, 5) is 11.7. The van der Waals surface area contributed by atoms with Crippen LogP contribution in [-0.2, 0) is 6.42 Å². The van der Waals surface area contributed by atoms with Crippen molar-refractivity contribution in [3.63, 3.8) is 0 Å². The number of nitrogens with zero attached hydrogens (tertiary/aromatic N) is 1. The molecular weight excluding hydrogens is 212 g/mol. The van der Waals surface area contributed by atoms with Crippen LogP contribution in [0.3, 0.4) is 0 Å². The van der Waals surface area contributed by atoms with Gasteiger partial charge in [0.05, 0.1) is 5.69 Å². The zero-order chi connectivity index (χ0) is 12.3. The number of carbonyl (C=O) groups is 1. The summed E-state index contributed by atoms with van der Waals surface area (Å²) in [7, 11) is 0. The highest BCUT2D eigenvalue weighted by molar-refractivity contribution is 5.95. The van der Waals surface area contributed by atoms with Gasteiger partial charge in [0.1, 0.15) is 5.69 Å². The average molecular weight is 228 g/mol. The highest BCUT2D eigenvalue weighted by Gasteiger charge is 2.13. The Morgan fingerprint density at radius 1 is 1.29 bits per heavy atom. The molecule has 1 heterocycles. The number of rotatable bonds is 4. The van der Waals surface area contributed by atoms with E-state index in [1.165, 1.54) is 5.56 Å². The summed E-state index contributed by atoms with van der Waals surface area (Å²) in [6, 6.07) is 11.9. The normalized spacial score (nSPS) is 10.8. The van der Waals surface area contributed by atoms with Crippen LogP contribution < -0.4 is 0 Å². The Labute approximate surface area is 101 Å². The first-order chi connectivity index (χ1) is 8.16. The third-order valence-electron chi connectivity index (χ3n) is 2.65. The van der Waals surface area contributed by atoms with Gasteiger partial charge in [-0.25, -0.2) is 0 Å². The summed E-state index contributed by atoms with van der Waals surface area (Å²) in [5.41, 5.74) is 2.70. The minimum atomic E-state index is 0.0000234. The molecule has 3 heteroatoms. The van der Waals surface area contributed by atoms with Crippen LogP contribution in [0.2, 0.25) is 0 Å². The molecule has 0 aliphatic rings. The van der Waals surface area contributed by atoms with Crippen molar-refractivity contribution >= 4 is 5.78 Å². The van der Waals surface area contributed by atoms with E-state index in [1.807, 2.05) is 38.1 Å². The van der Waals surface area contributed by atoms with E-state index in [-0.39, 0.29) is 11.7 Å². The molecule has 17 heavy (non-hydrogen) atoms. The monoisotopic (exact) mass is 228 g/mol. The first kappa shape index (κ1) is 11.6. The number of nitrogens with one attached hydrogen (secondary N) is 1. The molecule has 0 saturated heterocycles. The molecule has 0 saturated carbocycles. The average Bonchev–Trinajstić information content (AvgIpc) is 2.77. The van der Waals surface area contributed by atoms with Crippen molar-refractivity contribution in [1.82, 2.24) is 10.2 Å². The number of benzene rings is 1. The van der Waals surface area contributed by atoms with Crippen molar-refractivity contribution < 1.29 is 4.79 Å². The molecule has 1 aromatic carbocycles. The van der Waals surface area contributed by atoms with Gasteiger partial charge in [0.2, 0.25) is 0 Å². The maximum atomic E-state index is 11.7. The van der Waals surface area contributed by atoms with E-state index in [4.69, 9.17) is 0 Å². The quantitative estimate of drug-likeness (QED) is 0.818. The maximum absolute atomic E-state index is 11.7. The van der Waals surface area contributed by atoms with Gasteiger partial charge in [-0.1, -0.05) is 44.2 Å². The molecular formula is C14H16N2O. The number of H-pyrrole nitrogens is 1. The number of Topliss-reactive ketones (excluding diaryl/α,β-unsaturated/α-hetero) is 1. The Kier molecular flexibility index (Phi) is 3.38. The van der Waals surface area contributed by atoms with Crippen molar-refractivity contribution in [2.45, 2.75) is 20.3 Å². The van der Waals surface area contributed by atoms with Crippen molar-refractivity contribution in [2.24, 2.45) is 5.92 Å². The first-order valence-corrected chi connectivity index (χ1v) is 5.79. The smallest absolute Gasteiger partial charge is 0.183 e. The molecule has 0 fully saturated rings. The van der Waals surface area contributed by atoms with E-state index >= 15 is 0 Å². The minimum Gasteiger partial charge on any atom is -0.292 e. The summed E-state index contributed by atoms with van der Waals surface area (Å²) >= 11 is 0. The molecule has 0 amide bonds. The van der Waals surface area contributed by atoms with Crippen molar-refractivity contribution in [1.29, 1.82) is 0 Å². The Morgan fingerprint density at radius 3 is 2.65 bits per heavy atom. The van der Waals surface area contributed by atoms with E-state index < -0.39 is 0 Å². The van der Waals surface area contributed by atoms with Gasteiger partial charge in [-0.3, -0.25) is 9.89 Å². The van der Waals surface area contributed by atoms with Crippen LogP contribution in [0.15, 0.2) is 36.4 Å². The molecule has 0 aliphatic heterocycles. The number of aromatic nitrogens is 2. The fraction of sp³-hybridized carbons (Fsp3) is 0.286. The third kappa shape index (κ3) is 2.81. The molecule has 0 atom stereocenters. The molecule has 0 aliphatic carbocycles. The Balaban J connectivity index is 2.12. The first-order valence-electron chi connectivity index (χ1n) is 5.79. The number of hydrogen-bond acceptors (Lipinski definition) is 2. The second-order valence-electron chi connectivity index (χ2n) is 4.45. The highest BCUT2D eigenvalue weighted by Crippen LogP contribution is 2.11. The van der Waals surface area contributed by atoms with E-state index in [0.29, 0.717) is 5.69 Å². The van der Waals surface area contributed by atoms with E-state index in [9.17, 15) is 4.79 Å². The Hall–Kier alpha value is -1.90. The predicted octanol–water partition coefficient (Wildman–Crippen LogP) is 2.84. The van der Waals surface area contributed by atoms with Gasteiger partial charge in [0.25, 0.3) is 0 Å². The lowest BCUT2D eigenvalue weighted by molar-refractivity contribution is 0.0934. The molecule has 0 radical (unpaired) electrons. The van der Waals surface area contributed by atoms with Gasteiger partial charge in [-0.05, 0) is 11.6 Å². The van der Waals surface area contributed by atoms with Crippen LogP contribution in [-0.4, -0.2) is 16.0 Å². The molecule has 3 nitrogen and oxygen atoms in total. The number of hydrogen-bond donors (Lipinski definition) is 1. The lowest BCUT2D eigenvalue weighted by Crippen LogP contribution is -2.07. The Bertz CT molecular complexity index is 500. The second-order valence-corrected chi connectivity index (χ2v) is 4.45. The van der Waals surface area contributed by atoms with Gasteiger partial charge in [0, 0.05) is 12.3 Å². The molecule has 2 aromatic rings. The van der Waals surface area contributed by atoms with Crippen LogP contribution in [0.1, 0.15) is 35.6 Å². The maximum Gasteiger partial charge on any atom is 0.183 e. The topological polar surface area (TPSA) is 45.8 Å². The summed E-state index contributed by atoms with van der Waals surface area (Å²) in [5.74, 6) is 0.108. The van der Waals surface area contributed by atoms with E-state index in [1.54, 1.807) is 0 Å². The molecule has 0 spiro atoms. The molecule has 2 rings (SSSR count). The molecule has 1 N–H and O–H groups in total. The van der Waals surface area contributed by atoms with E-state index in [2.05, 4.69) is 22.3 Å². The highest BCUT2D eigenvalue weighted by atomic mass is 16.1. The number of aromatic amines is 1. The van der Waals surface area contributed by atoms with Gasteiger partial charge in [0.15, 0.2) is 5.78 Å². The molecule has 88 valence electrons. The zero-order valence-electron chi connectivity index (χ0n) is 10.1. The van der Waals surface area contributed by atoms with Crippen LogP contribution in [0.4, 0.5) is 0 Å². The lowest BCUT2D eigenvalue weighted by atomic mass is 10.1. The molecule has 0 bridgehead atoms. The van der Waals surface area contributed by atoms with Gasteiger partial charge >= 0.3 is 0 Å². The number of ketones is 1. The fourth-order valence-electron chi connectivity index (χ4n) is 1.70. The summed E-state index contributed by atoms with van der Waals surface area (Å²) in [6.45, 7) is 3.78. The van der Waals surface area contributed by atoms with Crippen molar-refractivity contribution in [2.75, 3.05) is 0 Å². The van der Waals surface area contributed by atoms with Gasteiger partial charge in [-0.2, -0.15) is 5.10 Å². The second kappa shape index (κ2) is 4.95. The number of carbonyl (C=O) groups excluding carboxylic acids is 1. The van der Waals surface area contributed by atoms with Gasteiger partial charge in [-0.15, -0.1) is 0 Å². The predicted molar refractivity (Wildman–Crippen MR) is 67.0 cm³/mol. The third-order valence-corrected chi connectivity index (χ3v) is 2.65. The van der Waals surface area contributed by atoms with Crippen LogP contribution >= 0.6 is 0 Å². The van der Waals surface area contributed by atoms with Gasteiger partial charge < -0.3 is 0 Å². The summed E-state index contributed by atoms with van der Waals surface area (Å²) in [5, 5.41) is 6.98. The Morgan fingerprint density at radius 2 is 2.00 bits per heavy atom. The van der Waals surface area contributed by atoms with Crippen LogP contribution in [0, 0.1) is 5.92 Å². The molecule has 0 unspecified atom stereocenters. The zero-order valence-corrected chi connectivity index (χ0v) is 10.1. The standard InChI is InChI=1S/C14H16N2O/c1-10(2)14(17)13-9-12(15-16-13)8-11-6-4-3-5-7-11/h3-7,9-10H,8H2,1-2H3,(H,15,16). The lowest BCUT2D eigenvalue weighted by Gasteiger charge is -1.98. The fourth-order valence-corrected chi connectivity index (χ4v) is 1.70. The van der Waals surface area contributed by atoms with Crippen LogP contribution in [0.5, 0.6) is 0 Å². The van der Waals surface area contributed by atoms with Crippen molar-refractivity contribution in [3.05, 3.63) is 53.3 Å². The largest absolute Gasteiger partial charge is 0.292 e. The van der Waals surface area contributed by atoms with E-state index in [0.717, 1.165) is 12.1 Å². The summed E-state index contributed by atoms with van der Waals surface area (Å²) in [6.07, 6.45) is 0.753. The van der Waals surface area contributed by atoms with Crippen molar-refractivity contribution in [3.8, 4) is 0 Å². The molecule has 1 aromatic heterocycles. The van der Waals surface area contributed by atoms with Crippen LogP contribution in [0.25, 0.3) is 0 Å². The minimum absolute atomic E-state index is 0.0000234. The SMILES string of the molecule is CC(C)C(=O)c1cc(Cc2ccccc2)n[nH]1.